The van der Waals surface area contributed by atoms with Gasteiger partial charge in [0.2, 0.25) is 11.9 Å². The van der Waals surface area contributed by atoms with Crippen molar-refractivity contribution in [3.05, 3.63) is 52.3 Å². The lowest BCUT2D eigenvalue weighted by atomic mass is 10.1. The van der Waals surface area contributed by atoms with Crippen LogP contribution in [-0.4, -0.2) is 47.0 Å². The number of H-pyrrole nitrogens is 1. The maximum Gasteiger partial charge on any atom is 0.299 e. The van der Waals surface area contributed by atoms with Gasteiger partial charge in [-0.25, -0.2) is 4.98 Å². The highest BCUT2D eigenvalue weighted by atomic mass is 16.5. The zero-order chi connectivity index (χ0) is 24.5. The number of aromatic nitrogens is 3. The van der Waals surface area contributed by atoms with E-state index in [1.807, 2.05) is 0 Å². The molecule has 1 amide bonds. The minimum atomic E-state index is -0.737. The molecule has 0 spiro atoms. The summed E-state index contributed by atoms with van der Waals surface area (Å²) in [5.41, 5.74) is 1.96. The highest BCUT2D eigenvalue weighted by molar-refractivity contribution is 6.05. The molecular weight excluding hydrogens is 462 g/mol. The zero-order valence-corrected chi connectivity index (χ0v) is 20.0. The molecule has 2 saturated heterocycles. The fourth-order valence-corrected chi connectivity index (χ4v) is 4.95. The number of anilines is 3. The van der Waals surface area contributed by atoms with E-state index in [1.54, 1.807) is 24.4 Å². The molecule has 0 aliphatic carbocycles. The summed E-state index contributed by atoms with van der Waals surface area (Å²) < 4.78 is 11.6. The normalized spacial score (nSPS) is 20.1. The number of oxazole rings is 1. The van der Waals surface area contributed by atoms with Gasteiger partial charge < -0.3 is 34.6 Å². The van der Waals surface area contributed by atoms with Crippen molar-refractivity contribution in [1.82, 2.24) is 20.3 Å². The second-order valence-corrected chi connectivity index (χ2v) is 9.37. The van der Waals surface area contributed by atoms with Gasteiger partial charge in [0.1, 0.15) is 12.0 Å². The Morgan fingerprint density at radius 1 is 1.03 bits per heavy atom. The summed E-state index contributed by atoms with van der Waals surface area (Å²) in [6.07, 6.45) is 8.92. The van der Waals surface area contributed by atoms with E-state index in [0.29, 0.717) is 34.3 Å². The average Bonchev–Trinajstić information content (AvgIpc) is 3.57. The van der Waals surface area contributed by atoms with Gasteiger partial charge in [0.15, 0.2) is 11.4 Å². The van der Waals surface area contributed by atoms with Crippen LogP contribution in [0, 0.1) is 0 Å². The third-order valence-electron chi connectivity index (χ3n) is 6.87. The summed E-state index contributed by atoms with van der Waals surface area (Å²) in [6, 6.07) is 5.75. The van der Waals surface area contributed by atoms with E-state index >= 15 is 0 Å². The first-order valence-electron chi connectivity index (χ1n) is 12.6. The molecule has 1 atom stereocenters. The van der Waals surface area contributed by atoms with Crippen molar-refractivity contribution >= 4 is 34.7 Å². The molecule has 0 bridgehead atoms. The molecule has 6 rings (SSSR count). The number of pyridine rings is 2. The van der Waals surface area contributed by atoms with E-state index < -0.39 is 6.23 Å². The van der Waals surface area contributed by atoms with Gasteiger partial charge in [0, 0.05) is 38.4 Å². The summed E-state index contributed by atoms with van der Waals surface area (Å²) in [7, 11) is 0. The first kappa shape index (κ1) is 22.4. The fraction of sp³-hybridized carbons (Fsp3) is 0.440. The highest BCUT2D eigenvalue weighted by Crippen LogP contribution is 2.33. The average molecular weight is 492 g/mol. The maximum absolute atomic E-state index is 13.2. The van der Waals surface area contributed by atoms with Crippen LogP contribution in [0.1, 0.15) is 50.3 Å². The van der Waals surface area contributed by atoms with Crippen molar-refractivity contribution in [2.45, 2.75) is 44.8 Å². The number of nitrogens with one attached hydrogen (secondary N) is 3. The van der Waals surface area contributed by atoms with E-state index in [9.17, 15) is 9.59 Å². The second-order valence-electron chi connectivity index (χ2n) is 9.37. The number of hydrogen-bond acceptors (Lipinski definition) is 9. The summed E-state index contributed by atoms with van der Waals surface area (Å²) in [4.78, 5) is 41.8. The topological polar surface area (TPSA) is 129 Å². The monoisotopic (exact) mass is 491 g/mol. The number of piperidine rings is 2. The van der Waals surface area contributed by atoms with Gasteiger partial charge in [-0.2, -0.15) is 4.98 Å². The number of carbonyl (C=O) groups excluding carboxylic acids is 1. The predicted octanol–water partition coefficient (Wildman–Crippen LogP) is 2.99. The molecule has 11 heteroatoms. The summed E-state index contributed by atoms with van der Waals surface area (Å²) in [6.45, 7) is 3.56. The van der Waals surface area contributed by atoms with E-state index in [0.717, 1.165) is 51.9 Å². The van der Waals surface area contributed by atoms with Gasteiger partial charge in [-0.15, -0.1) is 0 Å². The molecule has 11 nitrogen and oxygen atoms in total. The molecule has 3 aromatic heterocycles. The molecular formula is C25H29N7O4. The quantitative estimate of drug-likeness (QED) is 0.493. The number of carbonyl (C=O) groups is 1. The third kappa shape index (κ3) is 4.36. The standard InChI is InChI=1S/C25H29N7O4/c33-22-16(8-7-9-26-22)24-28-18(15-35-24)23(34)27-17-14-19-20(29-21(17)31-10-3-1-4-11-31)30-25(36-19)32-12-5-2-6-13-32/h7-9,14-15,24,28H,1-6,10-13H2,(H,26,33)(H,27,34). The molecule has 0 radical (unpaired) electrons. The molecule has 6 heterocycles. The molecule has 3 aliphatic heterocycles. The Morgan fingerprint density at radius 2 is 1.78 bits per heavy atom. The Kier molecular flexibility index (Phi) is 5.96. The van der Waals surface area contributed by atoms with Gasteiger partial charge in [0.05, 0.1) is 11.3 Å². The number of amides is 1. The fourth-order valence-electron chi connectivity index (χ4n) is 4.95. The van der Waals surface area contributed by atoms with Gasteiger partial charge in [0.25, 0.3) is 17.5 Å². The van der Waals surface area contributed by atoms with E-state index in [2.05, 4.69) is 30.4 Å². The highest BCUT2D eigenvalue weighted by Gasteiger charge is 2.28. The Labute approximate surface area is 207 Å². The molecule has 188 valence electrons. The van der Waals surface area contributed by atoms with Crippen LogP contribution in [0.25, 0.3) is 11.2 Å². The number of rotatable bonds is 5. The molecule has 3 N–H and O–H groups in total. The number of aromatic amines is 1. The second kappa shape index (κ2) is 9.56. The van der Waals surface area contributed by atoms with Crippen LogP contribution in [0.3, 0.4) is 0 Å². The lowest BCUT2D eigenvalue weighted by Crippen LogP contribution is -2.32. The largest absolute Gasteiger partial charge is 0.472 e. The minimum absolute atomic E-state index is 0.222. The van der Waals surface area contributed by atoms with E-state index in [4.69, 9.17) is 14.1 Å². The minimum Gasteiger partial charge on any atom is -0.472 e. The van der Waals surface area contributed by atoms with Crippen molar-refractivity contribution < 1.29 is 13.9 Å². The molecule has 1 unspecified atom stereocenters. The zero-order valence-electron chi connectivity index (χ0n) is 20.0. The van der Waals surface area contributed by atoms with E-state index in [-0.39, 0.29) is 17.2 Å². The van der Waals surface area contributed by atoms with Crippen molar-refractivity contribution in [2.24, 2.45) is 0 Å². The first-order chi connectivity index (χ1) is 17.7. The van der Waals surface area contributed by atoms with Crippen molar-refractivity contribution in [1.29, 1.82) is 0 Å². The van der Waals surface area contributed by atoms with Crippen molar-refractivity contribution in [2.75, 3.05) is 41.3 Å². The molecule has 0 saturated carbocycles. The Bertz CT molecular complexity index is 1350. The van der Waals surface area contributed by atoms with Gasteiger partial charge >= 0.3 is 0 Å². The van der Waals surface area contributed by atoms with Crippen molar-refractivity contribution in [3.63, 3.8) is 0 Å². The molecule has 2 fully saturated rings. The Balaban J connectivity index is 1.27. The summed E-state index contributed by atoms with van der Waals surface area (Å²) in [5.74, 6) is 0.296. The van der Waals surface area contributed by atoms with Crippen LogP contribution in [-0.2, 0) is 9.53 Å². The smallest absolute Gasteiger partial charge is 0.299 e. The predicted molar refractivity (Wildman–Crippen MR) is 135 cm³/mol. The number of hydrogen-bond donors (Lipinski definition) is 3. The van der Waals surface area contributed by atoms with Crippen LogP contribution in [0.15, 0.2) is 45.6 Å². The summed E-state index contributed by atoms with van der Waals surface area (Å²) >= 11 is 0. The SMILES string of the molecule is O=C(Nc1cc2oc(N3CCCCC3)nc2nc1N1CCCCC1)C1=COC(c2ccc[nH]c2=O)N1. The number of fused-ring (bicyclic) bond motifs is 1. The Hall–Kier alpha value is -4.02. The maximum atomic E-state index is 13.2. The van der Waals surface area contributed by atoms with Crippen LogP contribution in [0.4, 0.5) is 17.5 Å². The molecule has 36 heavy (non-hydrogen) atoms. The molecule has 0 aromatic carbocycles. The molecule has 3 aromatic rings. The first-order valence-corrected chi connectivity index (χ1v) is 12.6. The lowest BCUT2D eigenvalue weighted by molar-refractivity contribution is -0.113. The Morgan fingerprint density at radius 3 is 2.53 bits per heavy atom. The van der Waals surface area contributed by atoms with Gasteiger partial charge in [-0.3, -0.25) is 9.59 Å². The molecule has 3 aliphatic rings. The lowest BCUT2D eigenvalue weighted by Gasteiger charge is -2.29. The number of ether oxygens (including phenoxy) is 1. The van der Waals surface area contributed by atoms with Crippen LogP contribution >= 0.6 is 0 Å². The summed E-state index contributed by atoms with van der Waals surface area (Å²) in [5, 5.41) is 5.96. The van der Waals surface area contributed by atoms with Crippen LogP contribution in [0.5, 0.6) is 0 Å². The van der Waals surface area contributed by atoms with Gasteiger partial charge in [-0.05, 0) is 50.7 Å². The van der Waals surface area contributed by atoms with Gasteiger partial charge in [-0.1, -0.05) is 0 Å². The third-order valence-corrected chi connectivity index (χ3v) is 6.87. The van der Waals surface area contributed by atoms with E-state index in [1.165, 1.54) is 19.1 Å². The van der Waals surface area contributed by atoms with Crippen LogP contribution in [0.2, 0.25) is 0 Å². The number of nitrogens with zero attached hydrogens (tertiary/aromatic N) is 4. The van der Waals surface area contributed by atoms with Crippen molar-refractivity contribution in [3.8, 4) is 0 Å². The van der Waals surface area contributed by atoms with Crippen LogP contribution < -0.4 is 26.0 Å².